The largest absolute Gasteiger partial charge is 0.298 e. The Kier molecular flexibility index (Phi) is 3.55. The van der Waals surface area contributed by atoms with E-state index in [1.807, 2.05) is 18.5 Å². The lowest BCUT2D eigenvalue weighted by Gasteiger charge is -2.46. The van der Waals surface area contributed by atoms with Crippen LogP contribution in [0, 0.1) is 0 Å². The Bertz CT molecular complexity index is 459. The number of likely N-dealkylation sites (N-methyl/N-ethyl adjacent to an activating group) is 1. The lowest BCUT2D eigenvalue weighted by Crippen LogP contribution is -2.60. The summed E-state index contributed by atoms with van der Waals surface area (Å²) in [7, 11) is 2.29. The number of anilines is 1. The van der Waals surface area contributed by atoms with Crippen LogP contribution in [0.5, 0.6) is 0 Å². The average Bonchev–Trinajstić information content (AvgIpc) is 3.08. The quantitative estimate of drug-likeness (QED) is 0.849. The number of aromatic nitrogens is 2. The minimum absolute atomic E-state index is 0.593. The predicted octanol–water partition coefficient (Wildman–Crippen LogP) is 1.92. The molecule has 5 nitrogen and oxygen atoms in total. The van der Waals surface area contributed by atoms with E-state index in [-0.39, 0.29) is 0 Å². The third-order valence-electron chi connectivity index (χ3n) is 5.56. The van der Waals surface area contributed by atoms with Gasteiger partial charge < -0.3 is 0 Å². The molecule has 2 bridgehead atoms. The number of nitrogens with zero attached hydrogens (tertiary/aromatic N) is 5. The molecule has 0 N–H and O–H groups in total. The molecule has 2 atom stereocenters. The first-order valence-corrected chi connectivity index (χ1v) is 8.36. The Balaban J connectivity index is 1.61. The monoisotopic (exact) mass is 287 g/mol. The van der Waals surface area contributed by atoms with Crippen LogP contribution in [0.3, 0.4) is 0 Å². The van der Waals surface area contributed by atoms with Gasteiger partial charge in [0.15, 0.2) is 0 Å². The molecule has 1 saturated carbocycles. The van der Waals surface area contributed by atoms with Crippen LogP contribution in [0.1, 0.15) is 38.5 Å². The maximum atomic E-state index is 4.55. The molecule has 4 rings (SSSR count). The summed E-state index contributed by atoms with van der Waals surface area (Å²) < 4.78 is 0. The number of hydrazine groups is 1. The van der Waals surface area contributed by atoms with Gasteiger partial charge in [0.05, 0.1) is 0 Å². The second kappa shape index (κ2) is 5.54. The van der Waals surface area contributed by atoms with Crippen molar-refractivity contribution in [2.45, 2.75) is 56.7 Å². The number of rotatable bonds is 3. The fourth-order valence-corrected chi connectivity index (χ4v) is 4.35. The minimum Gasteiger partial charge on any atom is -0.298 e. The molecule has 0 aromatic carbocycles. The molecular formula is C16H25N5. The molecule has 0 spiro atoms. The molecule has 0 radical (unpaired) electrons. The Labute approximate surface area is 126 Å². The Hall–Kier alpha value is -1.20. The summed E-state index contributed by atoms with van der Waals surface area (Å²) >= 11 is 0. The number of hydrogen-bond acceptors (Lipinski definition) is 5. The minimum atomic E-state index is 0.593. The van der Waals surface area contributed by atoms with Crippen molar-refractivity contribution in [1.29, 1.82) is 0 Å². The molecule has 3 heterocycles. The van der Waals surface area contributed by atoms with Crippen LogP contribution < -0.4 is 5.01 Å². The topological polar surface area (TPSA) is 35.5 Å². The summed E-state index contributed by atoms with van der Waals surface area (Å²) in [6.45, 7) is 2.25. The van der Waals surface area contributed by atoms with Crippen molar-refractivity contribution >= 4 is 5.95 Å². The van der Waals surface area contributed by atoms with E-state index in [4.69, 9.17) is 0 Å². The molecule has 3 aliphatic rings. The van der Waals surface area contributed by atoms with Gasteiger partial charge in [-0.3, -0.25) is 9.91 Å². The highest BCUT2D eigenvalue weighted by Crippen LogP contribution is 2.33. The zero-order valence-electron chi connectivity index (χ0n) is 12.9. The lowest BCUT2D eigenvalue weighted by molar-refractivity contribution is 0.0703. The summed E-state index contributed by atoms with van der Waals surface area (Å²) in [5.41, 5.74) is 0. The fraction of sp³-hybridized carbons (Fsp3) is 0.750. The molecule has 1 aromatic rings. The van der Waals surface area contributed by atoms with Crippen LogP contribution in [0.15, 0.2) is 18.5 Å². The third-order valence-corrected chi connectivity index (χ3v) is 5.56. The second-order valence-electron chi connectivity index (χ2n) is 6.75. The van der Waals surface area contributed by atoms with Crippen LogP contribution in [-0.2, 0) is 0 Å². The van der Waals surface area contributed by atoms with Gasteiger partial charge in [0.25, 0.3) is 0 Å². The van der Waals surface area contributed by atoms with Gasteiger partial charge >= 0.3 is 0 Å². The van der Waals surface area contributed by atoms with Gasteiger partial charge in [0.1, 0.15) is 0 Å². The van der Waals surface area contributed by atoms with Gasteiger partial charge in [0, 0.05) is 43.6 Å². The van der Waals surface area contributed by atoms with Crippen LogP contribution >= 0.6 is 0 Å². The van der Waals surface area contributed by atoms with Crippen LogP contribution in [0.4, 0.5) is 5.95 Å². The highest BCUT2D eigenvalue weighted by Gasteiger charge is 2.41. The first kappa shape index (κ1) is 13.5. The first-order chi connectivity index (χ1) is 10.3. The van der Waals surface area contributed by atoms with Crippen molar-refractivity contribution in [2.24, 2.45) is 0 Å². The molecule has 5 heteroatoms. The van der Waals surface area contributed by atoms with E-state index in [2.05, 4.69) is 31.9 Å². The van der Waals surface area contributed by atoms with Gasteiger partial charge in [-0.2, -0.15) is 0 Å². The average molecular weight is 287 g/mol. The Morgan fingerprint density at radius 2 is 1.62 bits per heavy atom. The van der Waals surface area contributed by atoms with E-state index in [1.165, 1.54) is 38.5 Å². The van der Waals surface area contributed by atoms with Crippen molar-refractivity contribution in [3.8, 4) is 0 Å². The Morgan fingerprint density at radius 3 is 2.24 bits per heavy atom. The molecule has 1 aromatic heterocycles. The fourth-order valence-electron chi connectivity index (χ4n) is 4.35. The molecule has 1 aliphatic carbocycles. The molecule has 0 amide bonds. The second-order valence-corrected chi connectivity index (χ2v) is 6.75. The van der Waals surface area contributed by atoms with Crippen molar-refractivity contribution in [2.75, 3.05) is 25.1 Å². The highest BCUT2D eigenvalue weighted by molar-refractivity contribution is 5.30. The predicted molar refractivity (Wildman–Crippen MR) is 82.9 cm³/mol. The number of fused-ring (bicyclic) bond motifs is 2. The summed E-state index contributed by atoms with van der Waals surface area (Å²) in [4.78, 5) is 11.7. The molecule has 2 aliphatic heterocycles. The summed E-state index contributed by atoms with van der Waals surface area (Å²) in [6.07, 6.45) is 11.7. The van der Waals surface area contributed by atoms with Crippen molar-refractivity contribution in [1.82, 2.24) is 19.9 Å². The van der Waals surface area contributed by atoms with Crippen LogP contribution in [-0.4, -0.2) is 58.1 Å². The third kappa shape index (κ3) is 2.42. The van der Waals surface area contributed by atoms with E-state index in [0.717, 1.165) is 19.0 Å². The van der Waals surface area contributed by atoms with Gasteiger partial charge in [-0.05, 0) is 38.8 Å². The van der Waals surface area contributed by atoms with Gasteiger partial charge in [-0.15, -0.1) is 0 Å². The summed E-state index contributed by atoms with van der Waals surface area (Å²) in [6, 6.07) is 3.91. The van der Waals surface area contributed by atoms with Crippen LogP contribution in [0.2, 0.25) is 0 Å². The zero-order chi connectivity index (χ0) is 14.2. The van der Waals surface area contributed by atoms with Crippen LogP contribution in [0.25, 0.3) is 0 Å². The molecule has 21 heavy (non-hydrogen) atoms. The molecule has 114 valence electrons. The Morgan fingerprint density at radius 1 is 1.00 bits per heavy atom. The maximum Gasteiger partial charge on any atom is 0.240 e. The van der Waals surface area contributed by atoms with E-state index in [9.17, 15) is 0 Å². The first-order valence-electron chi connectivity index (χ1n) is 8.36. The summed E-state index contributed by atoms with van der Waals surface area (Å²) in [5.74, 6) is 0.897. The number of hydrogen-bond donors (Lipinski definition) is 0. The van der Waals surface area contributed by atoms with E-state index >= 15 is 0 Å². The van der Waals surface area contributed by atoms with Gasteiger partial charge in [0.2, 0.25) is 5.95 Å². The highest BCUT2D eigenvalue weighted by atomic mass is 15.7. The molecule has 2 unspecified atom stereocenters. The smallest absolute Gasteiger partial charge is 0.240 e. The standard InChI is InChI=1S/C16H25N5/c1-19-14-7-8-15(19)12-20(11-14)21(13-5-2-3-6-13)16-17-9-4-10-18-16/h4,9-10,13-15H,2-3,5-8,11-12H2,1H3. The number of piperazine rings is 1. The normalized spacial score (nSPS) is 30.9. The molecular weight excluding hydrogens is 262 g/mol. The van der Waals surface area contributed by atoms with Gasteiger partial charge in [-0.1, -0.05) is 12.8 Å². The lowest BCUT2D eigenvalue weighted by atomic mass is 10.2. The maximum absolute atomic E-state index is 4.55. The molecule has 2 saturated heterocycles. The van der Waals surface area contributed by atoms with Crippen molar-refractivity contribution in [3.63, 3.8) is 0 Å². The SMILES string of the molecule is CN1C2CCC1CN(N(c1ncccn1)C1CCCC1)C2. The van der Waals surface area contributed by atoms with Gasteiger partial charge in [-0.25, -0.2) is 15.0 Å². The van der Waals surface area contributed by atoms with E-state index in [0.29, 0.717) is 18.1 Å². The zero-order valence-corrected chi connectivity index (χ0v) is 12.9. The van der Waals surface area contributed by atoms with E-state index < -0.39 is 0 Å². The van der Waals surface area contributed by atoms with E-state index in [1.54, 1.807) is 0 Å². The summed E-state index contributed by atoms with van der Waals surface area (Å²) in [5, 5.41) is 4.99. The molecule has 3 fully saturated rings. The van der Waals surface area contributed by atoms with Crippen molar-refractivity contribution in [3.05, 3.63) is 18.5 Å². The van der Waals surface area contributed by atoms with Crippen molar-refractivity contribution < 1.29 is 0 Å².